The number of piperazine rings is 1. The van der Waals surface area contributed by atoms with Crippen molar-refractivity contribution in [3.8, 4) is 5.75 Å². The zero-order valence-electron chi connectivity index (χ0n) is 14.1. The molecule has 1 heterocycles. The minimum Gasteiger partial charge on any atom is -0.406 e. The lowest BCUT2D eigenvalue weighted by Crippen LogP contribution is -2.51. The summed E-state index contributed by atoms with van der Waals surface area (Å²) in [6, 6.07) is 5.73. The van der Waals surface area contributed by atoms with E-state index in [9.17, 15) is 13.2 Å². The number of alkyl halides is 3. The smallest absolute Gasteiger partial charge is 0.406 e. The zero-order valence-corrected chi connectivity index (χ0v) is 16.4. The molecule has 1 aromatic rings. The predicted molar refractivity (Wildman–Crippen MR) is 103 cm³/mol. The fourth-order valence-electron chi connectivity index (χ4n) is 2.46. The summed E-state index contributed by atoms with van der Waals surface area (Å²) in [6.45, 7) is 3.37. The van der Waals surface area contributed by atoms with Gasteiger partial charge in [0.25, 0.3) is 0 Å². The van der Waals surface area contributed by atoms with Gasteiger partial charge in [-0.05, 0) is 26.2 Å². The molecule has 1 fully saturated rings. The van der Waals surface area contributed by atoms with E-state index in [1.54, 1.807) is 6.07 Å². The first-order chi connectivity index (χ1) is 11.2. The first kappa shape index (κ1) is 21.8. The minimum absolute atomic E-state index is 0. The molecule has 0 saturated carbocycles. The molecule has 10 heteroatoms. The molecule has 1 atom stereocenters. The summed E-state index contributed by atoms with van der Waals surface area (Å²) < 4.78 is 40.6. The van der Waals surface area contributed by atoms with Gasteiger partial charge in [0.05, 0.1) is 6.54 Å². The molecule has 1 unspecified atom stereocenters. The van der Waals surface area contributed by atoms with Gasteiger partial charge in [0.15, 0.2) is 5.96 Å². The van der Waals surface area contributed by atoms with Gasteiger partial charge >= 0.3 is 6.36 Å². The van der Waals surface area contributed by atoms with Crippen LogP contribution in [0.15, 0.2) is 29.3 Å². The molecule has 1 aromatic carbocycles. The standard InChI is InChI=1S/C15H22F3N5O.HI/c1-22-6-7-23(2)12(10-22)9-20-14(19)21-11-4-3-5-13(8-11)24-15(16,17)18;/h3-5,8,12H,6-7,9-10H2,1-2H3,(H3,19,20,21);1H. The summed E-state index contributed by atoms with van der Waals surface area (Å²) in [7, 11) is 4.09. The molecule has 6 nitrogen and oxygen atoms in total. The summed E-state index contributed by atoms with van der Waals surface area (Å²) in [4.78, 5) is 8.72. The van der Waals surface area contributed by atoms with Crippen LogP contribution in [0, 0.1) is 0 Å². The largest absolute Gasteiger partial charge is 0.573 e. The SMILES string of the molecule is CN1CCN(C)C(CN=C(N)Nc2cccc(OC(F)(F)F)c2)C1.I. The van der Waals surface area contributed by atoms with E-state index in [-0.39, 0.29) is 41.7 Å². The minimum atomic E-state index is -4.73. The number of anilines is 1. The second-order valence-corrected chi connectivity index (χ2v) is 5.82. The molecule has 0 radical (unpaired) electrons. The monoisotopic (exact) mass is 473 g/mol. The van der Waals surface area contributed by atoms with Crippen molar-refractivity contribution in [1.82, 2.24) is 9.80 Å². The normalized spacial score (nSPS) is 20.0. The van der Waals surface area contributed by atoms with E-state index in [4.69, 9.17) is 5.73 Å². The lowest BCUT2D eigenvalue weighted by molar-refractivity contribution is -0.274. The van der Waals surface area contributed by atoms with Gasteiger partial charge in [-0.1, -0.05) is 6.07 Å². The van der Waals surface area contributed by atoms with Crippen LogP contribution in [0.1, 0.15) is 0 Å². The van der Waals surface area contributed by atoms with E-state index in [0.717, 1.165) is 19.6 Å². The van der Waals surface area contributed by atoms with E-state index < -0.39 is 6.36 Å². The van der Waals surface area contributed by atoms with Crippen LogP contribution in [0.5, 0.6) is 5.75 Å². The zero-order chi connectivity index (χ0) is 17.7. The fraction of sp³-hybridized carbons (Fsp3) is 0.533. The Labute approximate surface area is 162 Å². The van der Waals surface area contributed by atoms with Crippen molar-refractivity contribution >= 4 is 35.6 Å². The maximum absolute atomic E-state index is 12.2. The first-order valence-electron chi connectivity index (χ1n) is 7.54. The van der Waals surface area contributed by atoms with Gasteiger partial charge in [0.1, 0.15) is 5.75 Å². The first-order valence-corrected chi connectivity index (χ1v) is 7.54. The molecular formula is C15H23F3IN5O. The highest BCUT2D eigenvalue weighted by molar-refractivity contribution is 14.0. The number of benzene rings is 1. The van der Waals surface area contributed by atoms with Gasteiger partial charge in [-0.3, -0.25) is 9.89 Å². The molecule has 0 spiro atoms. The van der Waals surface area contributed by atoms with Crippen LogP contribution in [-0.4, -0.2) is 68.4 Å². The predicted octanol–water partition coefficient (Wildman–Crippen LogP) is 2.18. The molecule has 1 aliphatic rings. The number of guanidine groups is 1. The van der Waals surface area contributed by atoms with Crippen LogP contribution in [0.2, 0.25) is 0 Å². The lowest BCUT2D eigenvalue weighted by atomic mass is 10.2. The number of likely N-dealkylation sites (N-methyl/N-ethyl adjacent to an activating group) is 2. The summed E-state index contributed by atoms with van der Waals surface area (Å²) in [6.07, 6.45) is -4.73. The van der Waals surface area contributed by atoms with Gasteiger partial charge in [0.2, 0.25) is 0 Å². The molecule has 2 rings (SSSR count). The number of hydrogen-bond donors (Lipinski definition) is 2. The average molecular weight is 473 g/mol. The second-order valence-electron chi connectivity index (χ2n) is 5.82. The van der Waals surface area contributed by atoms with Crippen LogP contribution in [0.4, 0.5) is 18.9 Å². The number of rotatable bonds is 4. The van der Waals surface area contributed by atoms with E-state index in [1.165, 1.54) is 18.2 Å². The summed E-state index contributed by atoms with van der Waals surface area (Å²) in [5.41, 5.74) is 6.21. The third kappa shape index (κ3) is 7.65. The molecule has 142 valence electrons. The maximum atomic E-state index is 12.2. The Morgan fingerprint density at radius 2 is 2.08 bits per heavy atom. The van der Waals surface area contributed by atoms with Crippen molar-refractivity contribution < 1.29 is 17.9 Å². The number of nitrogens with zero attached hydrogens (tertiary/aromatic N) is 3. The lowest BCUT2D eigenvalue weighted by Gasteiger charge is -2.36. The average Bonchev–Trinajstić information content (AvgIpc) is 2.47. The molecule has 25 heavy (non-hydrogen) atoms. The van der Waals surface area contributed by atoms with Crippen LogP contribution in [0.3, 0.4) is 0 Å². The van der Waals surface area contributed by atoms with Crippen molar-refractivity contribution in [2.75, 3.05) is 45.6 Å². The molecule has 1 aliphatic heterocycles. The highest BCUT2D eigenvalue weighted by Gasteiger charge is 2.31. The Morgan fingerprint density at radius 1 is 1.36 bits per heavy atom. The Morgan fingerprint density at radius 3 is 2.76 bits per heavy atom. The number of nitrogens with two attached hydrogens (primary N) is 1. The number of nitrogens with one attached hydrogen (secondary N) is 1. The highest BCUT2D eigenvalue weighted by atomic mass is 127. The Balaban J connectivity index is 0.00000312. The molecule has 0 bridgehead atoms. The second kappa shape index (κ2) is 9.43. The fourth-order valence-corrected chi connectivity index (χ4v) is 2.46. The summed E-state index contributed by atoms with van der Waals surface area (Å²) in [5.74, 6) is -0.158. The molecule has 1 saturated heterocycles. The molecule has 0 aliphatic carbocycles. The van der Waals surface area contributed by atoms with Crippen LogP contribution < -0.4 is 15.8 Å². The van der Waals surface area contributed by atoms with Crippen molar-refractivity contribution in [3.63, 3.8) is 0 Å². The van der Waals surface area contributed by atoms with E-state index >= 15 is 0 Å². The molecule has 0 amide bonds. The van der Waals surface area contributed by atoms with Gasteiger partial charge in [0, 0.05) is 37.4 Å². The number of halogens is 4. The molecule has 3 N–H and O–H groups in total. The van der Waals surface area contributed by atoms with Crippen LogP contribution in [-0.2, 0) is 0 Å². The quantitative estimate of drug-likeness (QED) is 0.399. The van der Waals surface area contributed by atoms with Crippen molar-refractivity contribution in [1.29, 1.82) is 0 Å². The molecule has 0 aromatic heterocycles. The summed E-state index contributed by atoms with van der Waals surface area (Å²) in [5, 5.41) is 2.78. The van der Waals surface area contributed by atoms with Crippen LogP contribution in [0.25, 0.3) is 0 Å². The topological polar surface area (TPSA) is 66.1 Å². The number of hydrogen-bond acceptors (Lipinski definition) is 4. The summed E-state index contributed by atoms with van der Waals surface area (Å²) >= 11 is 0. The highest BCUT2D eigenvalue weighted by Crippen LogP contribution is 2.24. The van der Waals surface area contributed by atoms with Gasteiger partial charge in [-0.2, -0.15) is 0 Å². The third-order valence-corrected chi connectivity index (χ3v) is 3.79. The van der Waals surface area contributed by atoms with Crippen LogP contribution >= 0.6 is 24.0 Å². The van der Waals surface area contributed by atoms with Gasteiger partial charge in [-0.25, -0.2) is 0 Å². The van der Waals surface area contributed by atoms with Crippen molar-refractivity contribution in [2.45, 2.75) is 12.4 Å². The van der Waals surface area contributed by atoms with Crippen molar-refractivity contribution in [2.24, 2.45) is 10.7 Å². The Bertz CT molecular complexity index is 585. The maximum Gasteiger partial charge on any atom is 0.573 e. The van der Waals surface area contributed by atoms with E-state index in [1.807, 2.05) is 7.05 Å². The third-order valence-electron chi connectivity index (χ3n) is 3.79. The van der Waals surface area contributed by atoms with Crippen molar-refractivity contribution in [3.05, 3.63) is 24.3 Å². The van der Waals surface area contributed by atoms with E-state index in [2.05, 4.69) is 31.9 Å². The Hall–Kier alpha value is -1.27. The Kier molecular flexibility index (Phi) is 8.22. The van der Waals surface area contributed by atoms with Gasteiger partial charge in [-0.15, -0.1) is 37.1 Å². The van der Waals surface area contributed by atoms with E-state index in [0.29, 0.717) is 12.2 Å². The van der Waals surface area contributed by atoms with Gasteiger partial charge < -0.3 is 20.7 Å². The number of aliphatic imine (C=N–C) groups is 1. The molecular weight excluding hydrogens is 450 g/mol. The number of ether oxygens (including phenoxy) is 1.